The Bertz CT molecular complexity index is 561. The molecule has 0 radical (unpaired) electrons. The zero-order valence-corrected chi connectivity index (χ0v) is 13.4. The molecular weight excluding hydrogens is 369 g/mol. The molecule has 0 bridgehead atoms. The van der Waals surface area contributed by atoms with Crippen LogP contribution in [0, 0.1) is 3.57 Å². The molecule has 19 heavy (non-hydrogen) atoms. The van der Waals surface area contributed by atoms with Crippen LogP contribution in [-0.4, -0.2) is 6.04 Å². The van der Waals surface area contributed by atoms with Crippen molar-refractivity contribution in [2.45, 2.75) is 24.8 Å². The molecule has 1 aliphatic rings. The van der Waals surface area contributed by atoms with Gasteiger partial charge in [-0.25, -0.2) is 0 Å². The van der Waals surface area contributed by atoms with Crippen LogP contribution in [0.2, 0.25) is 5.02 Å². The van der Waals surface area contributed by atoms with E-state index in [1.807, 2.05) is 12.1 Å². The molecular formula is C16H15ClIN. The predicted octanol–water partition coefficient (Wildman–Crippen LogP) is 5.30. The Morgan fingerprint density at radius 3 is 2.47 bits per heavy atom. The topological polar surface area (TPSA) is 12.0 Å². The smallest absolute Gasteiger partial charge is 0.0408 e. The Kier molecular flexibility index (Phi) is 3.99. The van der Waals surface area contributed by atoms with Gasteiger partial charge in [0, 0.05) is 20.3 Å². The molecule has 2 aromatic rings. The van der Waals surface area contributed by atoms with Crippen molar-refractivity contribution in [2.75, 3.05) is 5.32 Å². The lowest BCUT2D eigenvalue weighted by Gasteiger charge is -2.37. The summed E-state index contributed by atoms with van der Waals surface area (Å²) in [6.07, 6.45) is 2.37. The van der Waals surface area contributed by atoms with Crippen LogP contribution in [-0.2, 0) is 0 Å². The number of nitrogens with one attached hydrogen (secondary N) is 1. The van der Waals surface area contributed by atoms with Crippen molar-refractivity contribution < 1.29 is 0 Å². The molecule has 0 unspecified atom stereocenters. The van der Waals surface area contributed by atoms with Gasteiger partial charge in [0.1, 0.15) is 0 Å². The maximum atomic E-state index is 6.03. The quantitative estimate of drug-likeness (QED) is 0.709. The number of hydrogen-bond donors (Lipinski definition) is 1. The SMILES string of the molecule is Clc1cccc(C2CC(Nc3ccc(I)cc3)C2)c1. The summed E-state index contributed by atoms with van der Waals surface area (Å²) in [7, 11) is 0. The lowest BCUT2D eigenvalue weighted by atomic mass is 9.76. The second kappa shape index (κ2) is 5.71. The van der Waals surface area contributed by atoms with Crippen molar-refractivity contribution >= 4 is 39.9 Å². The molecule has 0 atom stereocenters. The summed E-state index contributed by atoms with van der Waals surface area (Å²) >= 11 is 8.36. The summed E-state index contributed by atoms with van der Waals surface area (Å²) in [6.45, 7) is 0. The highest BCUT2D eigenvalue weighted by atomic mass is 127. The molecule has 0 saturated heterocycles. The van der Waals surface area contributed by atoms with Crippen LogP contribution in [0.4, 0.5) is 5.69 Å². The Morgan fingerprint density at radius 2 is 1.79 bits per heavy atom. The maximum Gasteiger partial charge on any atom is 0.0408 e. The van der Waals surface area contributed by atoms with Gasteiger partial charge in [0.15, 0.2) is 0 Å². The zero-order chi connectivity index (χ0) is 13.2. The highest BCUT2D eigenvalue weighted by Crippen LogP contribution is 2.39. The molecule has 3 heteroatoms. The largest absolute Gasteiger partial charge is 0.382 e. The molecule has 1 aliphatic carbocycles. The average molecular weight is 384 g/mol. The van der Waals surface area contributed by atoms with E-state index >= 15 is 0 Å². The molecule has 1 fully saturated rings. The number of halogens is 2. The van der Waals surface area contributed by atoms with E-state index in [1.165, 1.54) is 27.7 Å². The van der Waals surface area contributed by atoms with Crippen LogP contribution < -0.4 is 5.32 Å². The lowest BCUT2D eigenvalue weighted by Crippen LogP contribution is -2.33. The molecule has 1 nitrogen and oxygen atoms in total. The van der Waals surface area contributed by atoms with Crippen molar-refractivity contribution in [1.29, 1.82) is 0 Å². The van der Waals surface area contributed by atoms with E-state index in [-0.39, 0.29) is 0 Å². The van der Waals surface area contributed by atoms with Gasteiger partial charge in [-0.2, -0.15) is 0 Å². The van der Waals surface area contributed by atoms with Gasteiger partial charge in [0.05, 0.1) is 0 Å². The first-order chi connectivity index (χ1) is 9.20. The summed E-state index contributed by atoms with van der Waals surface area (Å²) in [4.78, 5) is 0. The highest BCUT2D eigenvalue weighted by Gasteiger charge is 2.30. The third-order valence-electron chi connectivity index (χ3n) is 3.67. The number of rotatable bonds is 3. The van der Waals surface area contributed by atoms with E-state index in [1.54, 1.807) is 0 Å². The molecule has 0 heterocycles. The molecule has 0 amide bonds. The number of hydrogen-bond acceptors (Lipinski definition) is 1. The fraction of sp³-hybridized carbons (Fsp3) is 0.250. The maximum absolute atomic E-state index is 6.03. The van der Waals surface area contributed by atoms with Gasteiger partial charge in [0.25, 0.3) is 0 Å². The van der Waals surface area contributed by atoms with E-state index in [0.717, 1.165) is 5.02 Å². The number of benzene rings is 2. The summed E-state index contributed by atoms with van der Waals surface area (Å²) in [5.41, 5.74) is 2.59. The van der Waals surface area contributed by atoms with Crippen molar-refractivity contribution in [3.63, 3.8) is 0 Å². The first kappa shape index (κ1) is 13.3. The first-order valence-electron chi connectivity index (χ1n) is 6.48. The highest BCUT2D eigenvalue weighted by molar-refractivity contribution is 14.1. The molecule has 1 saturated carbocycles. The van der Waals surface area contributed by atoms with E-state index < -0.39 is 0 Å². The van der Waals surface area contributed by atoms with Crippen molar-refractivity contribution in [3.05, 3.63) is 62.7 Å². The van der Waals surface area contributed by atoms with Crippen molar-refractivity contribution in [3.8, 4) is 0 Å². The van der Waals surface area contributed by atoms with Gasteiger partial charge in [-0.1, -0.05) is 23.7 Å². The standard InChI is InChI=1S/C16H15ClIN/c17-13-3-1-2-11(8-13)12-9-16(10-12)19-15-6-4-14(18)5-7-15/h1-8,12,16,19H,9-10H2. The third-order valence-corrected chi connectivity index (χ3v) is 4.63. The van der Waals surface area contributed by atoms with Crippen LogP contribution in [0.25, 0.3) is 0 Å². The van der Waals surface area contributed by atoms with Gasteiger partial charge in [0.2, 0.25) is 0 Å². The number of anilines is 1. The molecule has 0 spiro atoms. The second-order valence-corrected chi connectivity index (χ2v) is 6.75. The molecule has 1 N–H and O–H groups in total. The monoisotopic (exact) mass is 383 g/mol. The summed E-state index contributed by atoms with van der Waals surface area (Å²) < 4.78 is 1.27. The summed E-state index contributed by atoms with van der Waals surface area (Å²) in [6, 6.07) is 17.4. The van der Waals surface area contributed by atoms with Crippen LogP contribution in [0.1, 0.15) is 24.3 Å². The van der Waals surface area contributed by atoms with Crippen LogP contribution in [0.3, 0.4) is 0 Å². The second-order valence-electron chi connectivity index (χ2n) is 5.07. The van der Waals surface area contributed by atoms with Crippen LogP contribution in [0.5, 0.6) is 0 Å². The van der Waals surface area contributed by atoms with E-state index in [9.17, 15) is 0 Å². The fourth-order valence-corrected chi connectivity index (χ4v) is 3.11. The molecule has 0 aromatic heterocycles. The minimum Gasteiger partial charge on any atom is -0.382 e. The molecule has 0 aliphatic heterocycles. The van der Waals surface area contributed by atoms with Crippen LogP contribution in [0.15, 0.2) is 48.5 Å². The minimum absolute atomic E-state index is 0.587. The Morgan fingerprint density at radius 1 is 1.05 bits per heavy atom. The van der Waals surface area contributed by atoms with E-state index in [0.29, 0.717) is 12.0 Å². The molecule has 2 aromatic carbocycles. The van der Waals surface area contributed by atoms with E-state index in [4.69, 9.17) is 11.6 Å². The average Bonchev–Trinajstić information content (AvgIpc) is 2.35. The van der Waals surface area contributed by atoms with Crippen molar-refractivity contribution in [2.24, 2.45) is 0 Å². The van der Waals surface area contributed by atoms with Gasteiger partial charge in [-0.15, -0.1) is 0 Å². The van der Waals surface area contributed by atoms with Gasteiger partial charge in [-0.3, -0.25) is 0 Å². The lowest BCUT2D eigenvalue weighted by molar-refractivity contribution is 0.374. The zero-order valence-electron chi connectivity index (χ0n) is 10.4. The summed E-state index contributed by atoms with van der Waals surface area (Å²) in [5.74, 6) is 0.653. The predicted molar refractivity (Wildman–Crippen MR) is 90.0 cm³/mol. The Balaban J connectivity index is 1.57. The van der Waals surface area contributed by atoms with Crippen molar-refractivity contribution in [1.82, 2.24) is 0 Å². The Hall–Kier alpha value is -0.740. The van der Waals surface area contributed by atoms with Gasteiger partial charge < -0.3 is 5.32 Å². The third kappa shape index (κ3) is 3.23. The normalized spacial score (nSPS) is 21.8. The molecule has 98 valence electrons. The summed E-state index contributed by atoms with van der Waals surface area (Å²) in [5, 5.41) is 4.42. The Labute approximate surface area is 132 Å². The van der Waals surface area contributed by atoms with E-state index in [2.05, 4.69) is 64.3 Å². The van der Waals surface area contributed by atoms with Gasteiger partial charge >= 0.3 is 0 Å². The minimum atomic E-state index is 0.587. The fourth-order valence-electron chi connectivity index (χ4n) is 2.55. The van der Waals surface area contributed by atoms with Gasteiger partial charge in [-0.05, 0) is 83.3 Å². The molecule has 3 rings (SSSR count). The van der Waals surface area contributed by atoms with Crippen LogP contribution >= 0.6 is 34.2 Å². The first-order valence-corrected chi connectivity index (χ1v) is 7.94.